The molecule has 0 aliphatic heterocycles. The van der Waals surface area contributed by atoms with E-state index in [9.17, 15) is 23.1 Å². The Labute approximate surface area is 243 Å². The summed E-state index contributed by atoms with van der Waals surface area (Å²) in [4.78, 5) is 28.9. The molecule has 11 heteroatoms. The molecule has 0 aliphatic rings. The van der Waals surface area contributed by atoms with Crippen LogP contribution in [-0.2, 0) is 39.1 Å². The van der Waals surface area contributed by atoms with Crippen LogP contribution in [0.3, 0.4) is 0 Å². The van der Waals surface area contributed by atoms with Crippen molar-refractivity contribution in [2.24, 2.45) is 0 Å². The van der Waals surface area contributed by atoms with Crippen molar-refractivity contribution in [3.63, 3.8) is 0 Å². The molecular formula is C31H31N3O7S. The number of benzene rings is 3. The lowest BCUT2D eigenvalue weighted by Crippen LogP contribution is -2.42. The van der Waals surface area contributed by atoms with E-state index in [4.69, 9.17) is 14.6 Å². The predicted octanol–water partition coefficient (Wildman–Crippen LogP) is 4.55. The van der Waals surface area contributed by atoms with Crippen LogP contribution in [0.2, 0.25) is 0 Å². The lowest BCUT2D eigenvalue weighted by Gasteiger charge is -2.14. The number of carboxylic acids is 1. The van der Waals surface area contributed by atoms with E-state index >= 15 is 0 Å². The molecule has 0 spiro atoms. The van der Waals surface area contributed by atoms with E-state index in [2.05, 4.69) is 9.71 Å². The number of nitrogens with zero attached hydrogens (tertiary/aromatic N) is 1. The number of para-hydroxylation sites is 1. The topological polar surface area (TPSA) is 160 Å². The van der Waals surface area contributed by atoms with Crippen molar-refractivity contribution in [1.29, 1.82) is 5.41 Å². The van der Waals surface area contributed by atoms with Gasteiger partial charge in [-0.1, -0.05) is 67.6 Å². The molecule has 0 bridgehead atoms. The molecule has 4 aromatic rings. The average molecular weight is 590 g/mol. The summed E-state index contributed by atoms with van der Waals surface area (Å²) in [6, 6.07) is 22.7. The number of carbonyl (C=O) groups excluding carboxylic acids is 1. The normalized spacial score (nSPS) is 12.8. The summed E-state index contributed by atoms with van der Waals surface area (Å²) in [5, 5.41) is 18.2. The summed E-state index contributed by atoms with van der Waals surface area (Å²) in [6.07, 6.45) is 1.35. The number of hydrogen-bond acceptors (Lipinski definition) is 8. The van der Waals surface area contributed by atoms with Gasteiger partial charge >= 0.3 is 5.97 Å². The number of aromatic nitrogens is 1. The minimum atomic E-state index is -4.09. The van der Waals surface area contributed by atoms with Gasteiger partial charge in [-0.3, -0.25) is 9.59 Å². The first-order valence-electron chi connectivity index (χ1n) is 13.3. The molecule has 2 atom stereocenters. The second-order valence-electron chi connectivity index (χ2n) is 9.59. The van der Waals surface area contributed by atoms with E-state index in [0.29, 0.717) is 13.0 Å². The van der Waals surface area contributed by atoms with Gasteiger partial charge in [0.25, 0.3) is 0 Å². The Bertz CT molecular complexity index is 1620. The summed E-state index contributed by atoms with van der Waals surface area (Å²) in [7, 11) is -4.09. The third-order valence-corrected chi connectivity index (χ3v) is 8.00. The number of hydrogen-bond donors (Lipinski definition) is 3. The van der Waals surface area contributed by atoms with E-state index < -0.39 is 33.7 Å². The van der Waals surface area contributed by atoms with Crippen LogP contribution in [0.15, 0.2) is 100 Å². The number of Topliss-reactive ketones (excluding diaryl/α,β-unsaturated/α-hetero) is 1. The largest absolute Gasteiger partial charge is 0.489 e. The van der Waals surface area contributed by atoms with Crippen molar-refractivity contribution in [2.45, 2.75) is 49.6 Å². The molecule has 0 amide bonds. The average Bonchev–Trinajstić information content (AvgIpc) is 3.45. The second kappa shape index (κ2) is 13.8. The van der Waals surface area contributed by atoms with Gasteiger partial charge in [-0.15, -0.1) is 0 Å². The molecular weight excluding hydrogens is 558 g/mol. The maximum atomic E-state index is 13.0. The number of oxazole rings is 1. The van der Waals surface area contributed by atoms with Gasteiger partial charge in [0, 0.05) is 12.8 Å². The minimum Gasteiger partial charge on any atom is -0.489 e. The van der Waals surface area contributed by atoms with Crippen LogP contribution in [0, 0.1) is 5.41 Å². The van der Waals surface area contributed by atoms with Crippen LogP contribution in [0.5, 0.6) is 5.75 Å². The first kappa shape index (κ1) is 30.4. The van der Waals surface area contributed by atoms with Gasteiger partial charge in [0.1, 0.15) is 24.2 Å². The van der Waals surface area contributed by atoms with Crippen LogP contribution < -0.4 is 9.46 Å². The number of carbonyl (C=O) groups is 2. The first-order valence-corrected chi connectivity index (χ1v) is 14.8. The van der Waals surface area contributed by atoms with Crippen LogP contribution in [-0.4, -0.2) is 42.0 Å². The maximum Gasteiger partial charge on any atom is 0.322 e. The predicted molar refractivity (Wildman–Crippen MR) is 155 cm³/mol. The van der Waals surface area contributed by atoms with Crippen LogP contribution in [0.1, 0.15) is 42.0 Å². The van der Waals surface area contributed by atoms with Crippen molar-refractivity contribution >= 4 is 27.5 Å². The Morgan fingerprint density at radius 2 is 1.60 bits per heavy atom. The van der Waals surface area contributed by atoms with Crippen molar-refractivity contribution in [1.82, 2.24) is 9.71 Å². The van der Waals surface area contributed by atoms with E-state index in [1.165, 1.54) is 30.5 Å². The quantitative estimate of drug-likeness (QED) is 0.170. The number of carboxylic acid groups (broad SMARTS) is 1. The zero-order valence-electron chi connectivity index (χ0n) is 22.9. The molecule has 0 radical (unpaired) electrons. The zero-order valence-corrected chi connectivity index (χ0v) is 23.7. The van der Waals surface area contributed by atoms with E-state index in [1.807, 2.05) is 54.6 Å². The molecule has 2 unspecified atom stereocenters. The lowest BCUT2D eigenvalue weighted by molar-refractivity contribution is -0.139. The second-order valence-corrected chi connectivity index (χ2v) is 11.3. The fourth-order valence-electron chi connectivity index (χ4n) is 4.23. The number of sulfonamides is 1. The van der Waals surface area contributed by atoms with E-state index in [1.54, 1.807) is 13.0 Å². The fourth-order valence-corrected chi connectivity index (χ4v) is 5.44. The van der Waals surface area contributed by atoms with Gasteiger partial charge in [-0.05, 0) is 41.8 Å². The molecule has 0 saturated heterocycles. The molecule has 0 saturated carbocycles. The third-order valence-electron chi connectivity index (χ3n) is 6.52. The van der Waals surface area contributed by atoms with Crippen LogP contribution in [0.4, 0.5) is 0 Å². The number of ketones is 1. The number of rotatable bonds is 15. The fraction of sp³-hybridized carbons (Fsp3) is 0.226. The number of aliphatic carboxylic acids is 1. The molecule has 10 nitrogen and oxygen atoms in total. The zero-order chi connectivity index (χ0) is 30.1. The van der Waals surface area contributed by atoms with E-state index in [-0.39, 0.29) is 35.1 Å². The summed E-state index contributed by atoms with van der Waals surface area (Å²) < 4.78 is 38.9. The molecule has 218 valence electrons. The van der Waals surface area contributed by atoms with Gasteiger partial charge in [0.05, 0.1) is 22.7 Å². The molecule has 42 heavy (non-hydrogen) atoms. The van der Waals surface area contributed by atoms with Crippen molar-refractivity contribution < 1.29 is 32.3 Å². The van der Waals surface area contributed by atoms with Crippen molar-refractivity contribution in [3.05, 3.63) is 114 Å². The molecule has 1 heterocycles. The smallest absolute Gasteiger partial charge is 0.322 e. The Morgan fingerprint density at radius 3 is 2.21 bits per heavy atom. The van der Waals surface area contributed by atoms with Gasteiger partial charge in [0.15, 0.2) is 5.78 Å². The Hall–Kier alpha value is -4.61. The lowest BCUT2D eigenvalue weighted by atomic mass is 9.93. The standard InChI is InChI=1S/C31H31N3O7S/c1-2-26(29(32)28(35)17-21-13-15-22(16-14-21)20-40-23-9-5-3-6-10-23)30-33-19-24(41-30)18-27(31(36)37)34-42(38,39)25-11-7-4-8-12-25/h3-16,19,26-27,32,34H,2,17-18,20H2,1H3,(H,36,37). The highest BCUT2D eigenvalue weighted by molar-refractivity contribution is 7.89. The molecule has 3 aromatic carbocycles. The number of ether oxygens (including phenoxy) is 1. The van der Waals surface area contributed by atoms with Crippen LogP contribution >= 0.6 is 0 Å². The SMILES string of the molecule is CCC(C(=N)C(=O)Cc1ccc(COc2ccccc2)cc1)c1ncc(CC(NS(=O)(=O)c2ccccc2)C(=O)O)o1. The molecule has 3 N–H and O–H groups in total. The summed E-state index contributed by atoms with van der Waals surface area (Å²) in [5.41, 5.74) is 1.50. The molecule has 4 rings (SSSR count). The molecule has 1 aromatic heterocycles. The van der Waals surface area contributed by atoms with Crippen molar-refractivity contribution in [2.75, 3.05) is 0 Å². The number of nitrogens with one attached hydrogen (secondary N) is 2. The van der Waals surface area contributed by atoms with Gasteiger partial charge < -0.3 is 19.7 Å². The third kappa shape index (κ3) is 7.99. The van der Waals surface area contributed by atoms with Crippen LogP contribution in [0.25, 0.3) is 0 Å². The monoisotopic (exact) mass is 589 g/mol. The van der Waals surface area contributed by atoms with Gasteiger partial charge in [-0.2, -0.15) is 4.72 Å². The summed E-state index contributed by atoms with van der Waals surface area (Å²) in [6.45, 7) is 2.17. The highest BCUT2D eigenvalue weighted by Crippen LogP contribution is 2.23. The van der Waals surface area contributed by atoms with Crippen molar-refractivity contribution in [3.8, 4) is 5.75 Å². The van der Waals surface area contributed by atoms with Gasteiger partial charge in [-0.25, -0.2) is 13.4 Å². The first-order chi connectivity index (χ1) is 20.2. The maximum absolute atomic E-state index is 13.0. The summed E-state index contributed by atoms with van der Waals surface area (Å²) in [5.74, 6) is -1.56. The minimum absolute atomic E-state index is 0.0189. The van der Waals surface area contributed by atoms with Gasteiger partial charge in [0.2, 0.25) is 15.9 Å². The molecule has 0 fully saturated rings. The highest BCUT2D eigenvalue weighted by Gasteiger charge is 2.29. The van der Waals surface area contributed by atoms with E-state index in [0.717, 1.165) is 16.9 Å². The molecule has 0 aliphatic carbocycles. The Morgan fingerprint density at radius 1 is 0.976 bits per heavy atom. The summed E-state index contributed by atoms with van der Waals surface area (Å²) >= 11 is 0. The Kier molecular flexibility index (Phi) is 10.00. The Balaban J connectivity index is 1.36. The highest BCUT2D eigenvalue weighted by atomic mass is 32.2.